The largest absolute Gasteiger partial charge is 0.374 e. The lowest BCUT2D eigenvalue weighted by Crippen LogP contribution is -2.53. The van der Waals surface area contributed by atoms with Crippen LogP contribution in [-0.4, -0.2) is 50.6 Å². The first kappa shape index (κ1) is 14.4. The molecule has 4 rings (SSSR count). The summed E-state index contributed by atoms with van der Waals surface area (Å²) in [6.07, 6.45) is 11.2. The lowest BCUT2D eigenvalue weighted by atomic mass is 10.0. The van der Waals surface area contributed by atoms with Crippen LogP contribution in [0.1, 0.15) is 23.2 Å². The van der Waals surface area contributed by atoms with Gasteiger partial charge in [0.25, 0.3) is 5.91 Å². The van der Waals surface area contributed by atoms with Crippen LogP contribution in [0, 0.1) is 5.92 Å². The van der Waals surface area contributed by atoms with Gasteiger partial charge in [-0.3, -0.25) is 9.78 Å². The van der Waals surface area contributed by atoms with E-state index >= 15 is 0 Å². The first-order chi connectivity index (χ1) is 11.3. The van der Waals surface area contributed by atoms with E-state index in [4.69, 9.17) is 4.74 Å². The van der Waals surface area contributed by atoms with Gasteiger partial charge in [0.15, 0.2) is 0 Å². The highest BCUT2D eigenvalue weighted by molar-refractivity contribution is 5.94. The number of hydrogen-bond acceptors (Lipinski definition) is 4. The zero-order valence-corrected chi connectivity index (χ0v) is 12.9. The average Bonchev–Trinajstić information content (AvgIpc) is 3.25. The number of hydrogen-bond donors (Lipinski definition) is 0. The van der Waals surface area contributed by atoms with Crippen LogP contribution >= 0.6 is 0 Å². The van der Waals surface area contributed by atoms with Crippen molar-refractivity contribution in [3.05, 3.63) is 48.8 Å². The molecule has 6 heteroatoms. The van der Waals surface area contributed by atoms with Crippen molar-refractivity contribution in [2.75, 3.05) is 13.2 Å². The van der Waals surface area contributed by atoms with Gasteiger partial charge in [0.05, 0.1) is 25.1 Å². The number of morpholine rings is 1. The number of carbonyl (C=O) groups excluding carboxylic acids is 1. The Morgan fingerprint density at radius 1 is 1.22 bits per heavy atom. The Bertz CT molecular complexity index is 658. The maximum atomic E-state index is 12.8. The van der Waals surface area contributed by atoms with Gasteiger partial charge in [-0.2, -0.15) is 0 Å². The molecule has 3 atom stereocenters. The molecule has 120 valence electrons. The molecule has 6 nitrogen and oxygen atoms in total. The minimum absolute atomic E-state index is 0.0916. The number of ether oxygens (including phenoxy) is 1. The Kier molecular flexibility index (Phi) is 3.83. The predicted molar refractivity (Wildman–Crippen MR) is 83.8 cm³/mol. The van der Waals surface area contributed by atoms with E-state index in [-0.39, 0.29) is 18.1 Å². The third-order valence-electron chi connectivity index (χ3n) is 4.91. The van der Waals surface area contributed by atoms with Gasteiger partial charge in [-0.25, -0.2) is 4.98 Å². The van der Waals surface area contributed by atoms with Crippen molar-refractivity contribution in [1.29, 1.82) is 0 Å². The van der Waals surface area contributed by atoms with E-state index < -0.39 is 0 Å². The summed E-state index contributed by atoms with van der Waals surface area (Å²) in [5.41, 5.74) is 0.707. The van der Waals surface area contributed by atoms with Crippen LogP contribution in [0.3, 0.4) is 0 Å². The summed E-state index contributed by atoms with van der Waals surface area (Å²) < 4.78 is 8.14. The highest BCUT2D eigenvalue weighted by Crippen LogP contribution is 2.36. The van der Waals surface area contributed by atoms with Crippen molar-refractivity contribution in [1.82, 2.24) is 19.4 Å². The molecule has 2 fully saturated rings. The van der Waals surface area contributed by atoms with Crippen LogP contribution in [0.5, 0.6) is 0 Å². The first-order valence-corrected chi connectivity index (χ1v) is 8.11. The molecule has 1 saturated carbocycles. The number of amides is 1. The quantitative estimate of drug-likeness (QED) is 0.864. The van der Waals surface area contributed by atoms with E-state index in [0.717, 1.165) is 19.4 Å². The molecule has 23 heavy (non-hydrogen) atoms. The van der Waals surface area contributed by atoms with E-state index in [1.54, 1.807) is 30.7 Å². The molecule has 2 aliphatic rings. The number of imidazole rings is 1. The van der Waals surface area contributed by atoms with E-state index in [2.05, 4.69) is 14.5 Å². The van der Waals surface area contributed by atoms with E-state index in [9.17, 15) is 4.79 Å². The molecular formula is C17H20N4O2. The van der Waals surface area contributed by atoms with E-state index in [1.807, 2.05) is 17.4 Å². The zero-order valence-electron chi connectivity index (χ0n) is 12.9. The Morgan fingerprint density at radius 2 is 2.09 bits per heavy atom. The van der Waals surface area contributed by atoms with Crippen molar-refractivity contribution in [3.8, 4) is 0 Å². The zero-order chi connectivity index (χ0) is 15.6. The molecule has 0 N–H and O–H groups in total. The fourth-order valence-corrected chi connectivity index (χ4v) is 3.83. The van der Waals surface area contributed by atoms with Gasteiger partial charge >= 0.3 is 0 Å². The Morgan fingerprint density at radius 3 is 2.87 bits per heavy atom. The van der Waals surface area contributed by atoms with Crippen molar-refractivity contribution in [2.24, 2.45) is 5.92 Å². The lowest BCUT2D eigenvalue weighted by molar-refractivity contribution is -0.0645. The highest BCUT2D eigenvalue weighted by Gasteiger charge is 2.44. The Balaban J connectivity index is 1.50. The number of carbonyl (C=O) groups is 1. The molecule has 0 radical (unpaired) electrons. The molecule has 2 aromatic rings. The summed E-state index contributed by atoms with van der Waals surface area (Å²) in [5, 5.41) is 0. The van der Waals surface area contributed by atoms with Crippen molar-refractivity contribution in [2.45, 2.75) is 31.5 Å². The molecular weight excluding hydrogens is 292 g/mol. The van der Waals surface area contributed by atoms with Gasteiger partial charge in [0.2, 0.25) is 0 Å². The molecule has 2 aromatic heterocycles. The summed E-state index contributed by atoms with van der Waals surface area (Å²) >= 11 is 0. The maximum absolute atomic E-state index is 12.8. The molecule has 0 unspecified atom stereocenters. The SMILES string of the molecule is O=C(c1ccncc1)N1CCO[C@@H]2[C@H](Cn3ccnc3)CC[C@H]21. The number of fused-ring (bicyclic) bond motifs is 1. The summed E-state index contributed by atoms with van der Waals surface area (Å²) in [6, 6.07) is 3.74. The second-order valence-corrected chi connectivity index (χ2v) is 6.23. The van der Waals surface area contributed by atoms with Crippen LogP contribution in [0.25, 0.3) is 0 Å². The summed E-state index contributed by atoms with van der Waals surface area (Å²) in [4.78, 5) is 22.9. The summed E-state index contributed by atoms with van der Waals surface area (Å²) in [7, 11) is 0. The van der Waals surface area contributed by atoms with Gasteiger partial charge in [-0.1, -0.05) is 0 Å². The van der Waals surface area contributed by atoms with E-state index in [0.29, 0.717) is 24.6 Å². The van der Waals surface area contributed by atoms with Crippen molar-refractivity contribution in [3.63, 3.8) is 0 Å². The highest BCUT2D eigenvalue weighted by atomic mass is 16.5. The van der Waals surface area contributed by atoms with Gasteiger partial charge < -0.3 is 14.2 Å². The molecule has 1 aliphatic carbocycles. The lowest BCUT2D eigenvalue weighted by Gasteiger charge is -2.39. The molecule has 1 aliphatic heterocycles. The van der Waals surface area contributed by atoms with Crippen molar-refractivity contribution < 1.29 is 9.53 Å². The fourth-order valence-electron chi connectivity index (χ4n) is 3.83. The number of rotatable bonds is 3. The van der Waals surface area contributed by atoms with Crippen LogP contribution in [0.4, 0.5) is 0 Å². The maximum Gasteiger partial charge on any atom is 0.254 e. The molecule has 0 aromatic carbocycles. The molecule has 0 spiro atoms. The minimum atomic E-state index is 0.0916. The van der Waals surface area contributed by atoms with Gasteiger partial charge in [-0.05, 0) is 25.0 Å². The van der Waals surface area contributed by atoms with Gasteiger partial charge in [-0.15, -0.1) is 0 Å². The second-order valence-electron chi connectivity index (χ2n) is 6.23. The average molecular weight is 312 g/mol. The van der Waals surface area contributed by atoms with Crippen LogP contribution in [0.15, 0.2) is 43.2 Å². The molecule has 1 saturated heterocycles. The van der Waals surface area contributed by atoms with Gasteiger partial charge in [0.1, 0.15) is 0 Å². The van der Waals surface area contributed by atoms with Crippen LogP contribution < -0.4 is 0 Å². The monoisotopic (exact) mass is 312 g/mol. The summed E-state index contributed by atoms with van der Waals surface area (Å²) in [5.74, 6) is 0.524. The number of pyridine rings is 1. The minimum Gasteiger partial charge on any atom is -0.374 e. The third-order valence-corrected chi connectivity index (χ3v) is 4.91. The van der Waals surface area contributed by atoms with Crippen molar-refractivity contribution >= 4 is 5.91 Å². The van der Waals surface area contributed by atoms with Crippen LogP contribution in [0.2, 0.25) is 0 Å². The number of nitrogens with zero attached hydrogens (tertiary/aromatic N) is 4. The normalized spacial score (nSPS) is 27.0. The Labute approximate surface area is 135 Å². The summed E-state index contributed by atoms with van der Waals surface area (Å²) in [6.45, 7) is 2.18. The second kappa shape index (κ2) is 6.12. The number of aromatic nitrogens is 3. The topological polar surface area (TPSA) is 60.3 Å². The Hall–Kier alpha value is -2.21. The molecule has 0 bridgehead atoms. The smallest absolute Gasteiger partial charge is 0.254 e. The fraction of sp³-hybridized carbons (Fsp3) is 0.471. The predicted octanol–water partition coefficient (Wildman–Crippen LogP) is 1.60. The van der Waals surface area contributed by atoms with Crippen LogP contribution in [-0.2, 0) is 11.3 Å². The third kappa shape index (κ3) is 2.74. The molecule has 3 heterocycles. The molecule has 1 amide bonds. The first-order valence-electron chi connectivity index (χ1n) is 8.11. The standard InChI is InChI=1S/C17H20N4O2/c22-17(13-3-5-18-6-4-13)21-9-10-23-16-14(1-2-15(16)21)11-20-8-7-19-12-20/h3-8,12,14-16H,1-2,9-11H2/t14-,15+,16+/m0/s1. The van der Waals surface area contributed by atoms with E-state index in [1.165, 1.54) is 0 Å². The van der Waals surface area contributed by atoms with Gasteiger partial charge in [0, 0.05) is 49.4 Å².